The lowest BCUT2D eigenvalue weighted by atomic mass is 9.80. The van der Waals surface area contributed by atoms with Crippen LogP contribution in [-0.2, 0) is 15.6 Å². The van der Waals surface area contributed by atoms with E-state index in [4.69, 9.17) is 4.79 Å². The highest BCUT2D eigenvalue weighted by atomic mass is 16.3. The molecule has 1 N–H and O–H groups in total. The summed E-state index contributed by atoms with van der Waals surface area (Å²) in [5, 5.41) is 10.3. The van der Waals surface area contributed by atoms with Crippen LogP contribution in [0, 0.1) is 0 Å². The molecule has 1 rings (SSSR count). The quantitative estimate of drug-likeness (QED) is 0.744. The highest BCUT2D eigenvalue weighted by Gasteiger charge is 2.24. The minimum atomic E-state index is -0.00859. The van der Waals surface area contributed by atoms with Gasteiger partial charge in [-0.1, -0.05) is 59.7 Å². The monoisotopic (exact) mass is 236 g/mol. The molecular weight excluding hydrogens is 212 g/mol. The molecule has 0 atom stereocenters. The van der Waals surface area contributed by atoms with Crippen LogP contribution in [0.25, 0.3) is 0 Å². The Kier molecular flexibility index (Phi) is 4.94. The first-order chi connectivity index (χ1) is 7.64. The molecule has 0 aliphatic heterocycles. The Morgan fingerprint density at radius 1 is 0.882 bits per heavy atom. The maximum absolute atomic E-state index is 10.3. The number of phenols is 1. The number of carbonyl (C=O) groups excluding carboxylic acids is 1. The molecule has 0 spiro atoms. The van der Waals surface area contributed by atoms with E-state index in [1.165, 1.54) is 0 Å². The van der Waals surface area contributed by atoms with Gasteiger partial charge in [0.15, 0.2) is 0 Å². The Morgan fingerprint density at radius 3 is 1.41 bits per heavy atom. The molecule has 0 heterocycles. The van der Waals surface area contributed by atoms with Gasteiger partial charge in [0.1, 0.15) is 12.5 Å². The second-order valence-electron chi connectivity index (χ2n) is 6.20. The number of phenolic OH excluding ortho intramolecular Hbond substituents is 1. The molecule has 0 aromatic heterocycles. The first kappa shape index (κ1) is 15.7. The summed E-state index contributed by atoms with van der Waals surface area (Å²) < 4.78 is 0. The second-order valence-corrected chi connectivity index (χ2v) is 6.20. The SMILES string of the molecule is C=O.CC(C)(C)c1cccc(C(C)(C)C)c1O. The van der Waals surface area contributed by atoms with Gasteiger partial charge in [0.05, 0.1) is 0 Å². The molecule has 0 radical (unpaired) electrons. The average Bonchev–Trinajstić information content (AvgIpc) is 2.17. The third-order valence-corrected chi connectivity index (χ3v) is 2.65. The summed E-state index contributed by atoms with van der Waals surface area (Å²) in [6.45, 7) is 14.7. The van der Waals surface area contributed by atoms with E-state index in [1.54, 1.807) is 0 Å². The summed E-state index contributed by atoms with van der Waals surface area (Å²) in [5.41, 5.74) is 2.03. The lowest BCUT2D eigenvalue weighted by Crippen LogP contribution is -2.16. The Labute approximate surface area is 105 Å². The largest absolute Gasteiger partial charge is 0.507 e. The fraction of sp³-hybridized carbons (Fsp3) is 0.533. The molecule has 1 aromatic carbocycles. The van der Waals surface area contributed by atoms with Crippen molar-refractivity contribution in [1.29, 1.82) is 0 Å². The number of carbonyl (C=O) groups is 1. The first-order valence-electron chi connectivity index (χ1n) is 5.76. The molecule has 0 aliphatic rings. The topological polar surface area (TPSA) is 37.3 Å². The molecule has 96 valence electrons. The maximum atomic E-state index is 10.3. The van der Waals surface area contributed by atoms with E-state index in [1.807, 2.05) is 25.0 Å². The fourth-order valence-electron chi connectivity index (χ4n) is 1.75. The third-order valence-electron chi connectivity index (χ3n) is 2.65. The van der Waals surface area contributed by atoms with Gasteiger partial charge in [-0.15, -0.1) is 0 Å². The van der Waals surface area contributed by atoms with Crippen LogP contribution in [-0.4, -0.2) is 11.9 Å². The number of rotatable bonds is 0. The van der Waals surface area contributed by atoms with Crippen LogP contribution in [0.5, 0.6) is 5.75 Å². The fourth-order valence-corrected chi connectivity index (χ4v) is 1.75. The summed E-state index contributed by atoms with van der Waals surface area (Å²) in [5.74, 6) is 0.456. The van der Waals surface area contributed by atoms with Crippen LogP contribution < -0.4 is 0 Å². The first-order valence-corrected chi connectivity index (χ1v) is 5.76. The van der Waals surface area contributed by atoms with Crippen molar-refractivity contribution in [2.24, 2.45) is 0 Å². The van der Waals surface area contributed by atoms with Crippen LogP contribution in [0.1, 0.15) is 52.7 Å². The molecule has 1 aromatic rings. The van der Waals surface area contributed by atoms with Gasteiger partial charge >= 0.3 is 0 Å². The number of hydrogen-bond donors (Lipinski definition) is 1. The Hall–Kier alpha value is -1.31. The van der Waals surface area contributed by atoms with Crippen molar-refractivity contribution in [3.8, 4) is 5.75 Å². The minimum absolute atomic E-state index is 0.00859. The zero-order valence-electron chi connectivity index (χ0n) is 11.8. The van der Waals surface area contributed by atoms with Crippen molar-refractivity contribution in [3.63, 3.8) is 0 Å². The van der Waals surface area contributed by atoms with Gasteiger partial charge in [0, 0.05) is 0 Å². The number of benzene rings is 1. The van der Waals surface area contributed by atoms with Gasteiger partial charge in [0.25, 0.3) is 0 Å². The summed E-state index contributed by atoms with van der Waals surface area (Å²) in [7, 11) is 0. The molecule has 2 nitrogen and oxygen atoms in total. The lowest BCUT2D eigenvalue weighted by Gasteiger charge is -2.26. The Balaban J connectivity index is 0.00000121. The molecule has 2 heteroatoms. The molecule has 0 aliphatic carbocycles. The predicted molar refractivity (Wildman–Crippen MR) is 72.6 cm³/mol. The minimum Gasteiger partial charge on any atom is -0.507 e. The highest BCUT2D eigenvalue weighted by molar-refractivity contribution is 5.46. The third kappa shape index (κ3) is 3.88. The van der Waals surface area contributed by atoms with Gasteiger partial charge < -0.3 is 9.90 Å². The maximum Gasteiger partial charge on any atom is 0.123 e. The smallest absolute Gasteiger partial charge is 0.123 e. The molecule has 0 amide bonds. The van der Waals surface area contributed by atoms with Gasteiger partial charge in [-0.25, -0.2) is 0 Å². The number of hydrogen-bond acceptors (Lipinski definition) is 2. The summed E-state index contributed by atoms with van der Waals surface area (Å²) in [6.07, 6.45) is 0. The summed E-state index contributed by atoms with van der Waals surface area (Å²) in [6, 6.07) is 6.04. The van der Waals surface area contributed by atoms with Crippen molar-refractivity contribution in [3.05, 3.63) is 29.3 Å². The van der Waals surface area contributed by atoms with Gasteiger partial charge in [-0.05, 0) is 22.0 Å². The molecule has 0 bridgehead atoms. The van der Waals surface area contributed by atoms with E-state index in [-0.39, 0.29) is 10.8 Å². The van der Waals surface area contributed by atoms with Crippen LogP contribution in [0.3, 0.4) is 0 Å². The summed E-state index contributed by atoms with van der Waals surface area (Å²) in [4.78, 5) is 8.00. The second kappa shape index (κ2) is 5.35. The Morgan fingerprint density at radius 2 is 1.18 bits per heavy atom. The van der Waals surface area contributed by atoms with E-state index in [0.29, 0.717) is 5.75 Å². The van der Waals surface area contributed by atoms with Crippen LogP contribution in [0.2, 0.25) is 0 Å². The molecule has 0 saturated heterocycles. The zero-order valence-corrected chi connectivity index (χ0v) is 11.8. The molecular formula is C15H24O2. The number of aromatic hydroxyl groups is 1. The standard InChI is InChI=1S/C14H22O.CH2O/c1-13(2,3)10-8-7-9-11(12(10)15)14(4,5)6;1-2/h7-9,15H,1-6H3;1H2. The van der Waals surface area contributed by atoms with Crippen molar-refractivity contribution >= 4 is 6.79 Å². The Bertz CT molecular complexity index is 335. The van der Waals surface area contributed by atoms with Gasteiger partial charge in [-0.2, -0.15) is 0 Å². The van der Waals surface area contributed by atoms with Crippen LogP contribution in [0.4, 0.5) is 0 Å². The van der Waals surface area contributed by atoms with Crippen LogP contribution in [0.15, 0.2) is 18.2 Å². The van der Waals surface area contributed by atoms with Crippen LogP contribution >= 0.6 is 0 Å². The van der Waals surface area contributed by atoms with Gasteiger partial charge in [0.2, 0.25) is 0 Å². The lowest BCUT2D eigenvalue weighted by molar-refractivity contribution is -0.0979. The zero-order chi connectivity index (χ0) is 13.9. The number of para-hydroxylation sites is 1. The van der Waals surface area contributed by atoms with E-state index in [9.17, 15) is 5.11 Å². The van der Waals surface area contributed by atoms with E-state index < -0.39 is 0 Å². The molecule has 0 saturated carbocycles. The normalized spacial score (nSPS) is 11.6. The van der Waals surface area contributed by atoms with Crippen molar-refractivity contribution in [1.82, 2.24) is 0 Å². The van der Waals surface area contributed by atoms with E-state index in [0.717, 1.165) is 11.1 Å². The van der Waals surface area contributed by atoms with E-state index >= 15 is 0 Å². The summed E-state index contributed by atoms with van der Waals surface area (Å²) >= 11 is 0. The predicted octanol–water partition coefficient (Wildman–Crippen LogP) is 3.80. The van der Waals surface area contributed by atoms with Crippen molar-refractivity contribution in [2.75, 3.05) is 0 Å². The average molecular weight is 236 g/mol. The van der Waals surface area contributed by atoms with Crippen molar-refractivity contribution < 1.29 is 9.90 Å². The molecule has 0 fully saturated rings. The molecule has 0 unspecified atom stereocenters. The van der Waals surface area contributed by atoms with E-state index in [2.05, 4.69) is 41.5 Å². The van der Waals surface area contributed by atoms with Gasteiger partial charge in [-0.3, -0.25) is 0 Å². The highest BCUT2D eigenvalue weighted by Crippen LogP contribution is 2.38. The molecule has 17 heavy (non-hydrogen) atoms. The van der Waals surface area contributed by atoms with Crippen molar-refractivity contribution in [2.45, 2.75) is 52.4 Å².